The molecule has 0 heterocycles. The zero-order chi connectivity index (χ0) is 18.8. The molecular formula is C19H22O5S. The molecule has 0 atom stereocenters. The molecule has 0 fully saturated rings. The minimum Gasteiger partial charge on any atom is -0.497 e. The van der Waals surface area contributed by atoms with Crippen LogP contribution in [0.3, 0.4) is 0 Å². The van der Waals surface area contributed by atoms with Gasteiger partial charge in [0, 0.05) is 5.56 Å². The van der Waals surface area contributed by atoms with Gasteiger partial charge in [0.1, 0.15) is 5.75 Å². The van der Waals surface area contributed by atoms with Gasteiger partial charge >= 0.3 is 10.1 Å². The maximum atomic E-state index is 12.9. The summed E-state index contributed by atoms with van der Waals surface area (Å²) in [6, 6.07) is 11.7. The third kappa shape index (κ3) is 4.82. The number of hydrogen-bond donors (Lipinski definition) is 0. The fourth-order valence-electron chi connectivity index (χ4n) is 2.33. The van der Waals surface area contributed by atoms with Crippen LogP contribution in [-0.2, 0) is 15.5 Å². The fourth-order valence-corrected chi connectivity index (χ4v) is 2.80. The van der Waals surface area contributed by atoms with Crippen molar-refractivity contribution in [2.24, 2.45) is 0 Å². The molecule has 6 heteroatoms. The summed E-state index contributed by atoms with van der Waals surface area (Å²) in [7, 11) is -2.28. The van der Waals surface area contributed by atoms with Crippen LogP contribution in [0.15, 0.2) is 42.5 Å². The zero-order valence-corrected chi connectivity index (χ0v) is 15.8. The number of carbonyl (C=O) groups is 1. The number of ketones is 1. The largest absolute Gasteiger partial charge is 0.497 e. The summed E-state index contributed by atoms with van der Waals surface area (Å²) in [6.45, 7) is 6.26. The van der Waals surface area contributed by atoms with E-state index in [2.05, 4.69) is 20.8 Å². The third-order valence-electron chi connectivity index (χ3n) is 3.69. The summed E-state index contributed by atoms with van der Waals surface area (Å²) in [6.07, 6.45) is 0.934. The smallest absolute Gasteiger partial charge is 0.306 e. The highest BCUT2D eigenvalue weighted by molar-refractivity contribution is 7.86. The average Bonchev–Trinajstić information content (AvgIpc) is 2.52. The maximum Gasteiger partial charge on any atom is 0.306 e. The molecule has 0 saturated carbocycles. The van der Waals surface area contributed by atoms with E-state index in [1.165, 1.54) is 19.2 Å². The van der Waals surface area contributed by atoms with E-state index >= 15 is 0 Å². The lowest BCUT2D eigenvalue weighted by atomic mass is 9.86. The molecule has 134 valence electrons. The molecular weight excluding hydrogens is 340 g/mol. The first-order valence-corrected chi connectivity index (χ1v) is 9.55. The Hall–Kier alpha value is -2.34. The number of hydrogen-bond acceptors (Lipinski definition) is 5. The van der Waals surface area contributed by atoms with Crippen molar-refractivity contribution in [3.63, 3.8) is 0 Å². The van der Waals surface area contributed by atoms with E-state index in [0.717, 1.165) is 11.8 Å². The van der Waals surface area contributed by atoms with E-state index in [0.29, 0.717) is 11.3 Å². The molecule has 0 bridgehead atoms. The lowest BCUT2D eigenvalue weighted by molar-refractivity contribution is 0.103. The van der Waals surface area contributed by atoms with Crippen LogP contribution in [0.2, 0.25) is 0 Å². The second-order valence-electron chi connectivity index (χ2n) is 6.81. The van der Waals surface area contributed by atoms with Crippen molar-refractivity contribution in [2.45, 2.75) is 26.2 Å². The van der Waals surface area contributed by atoms with Crippen molar-refractivity contribution < 1.29 is 22.1 Å². The van der Waals surface area contributed by atoms with Gasteiger partial charge in [-0.25, -0.2) is 0 Å². The number of methoxy groups -OCH3 is 1. The first kappa shape index (κ1) is 19.0. The Morgan fingerprint density at radius 1 is 1.00 bits per heavy atom. The van der Waals surface area contributed by atoms with E-state index in [9.17, 15) is 13.2 Å². The quantitative estimate of drug-likeness (QED) is 0.601. The molecule has 0 aromatic heterocycles. The third-order valence-corrected chi connectivity index (χ3v) is 4.17. The SMILES string of the molecule is COc1ccc(OS(C)(=O)=O)c(C(=O)c2ccc(C(C)(C)C)cc2)c1. The Morgan fingerprint density at radius 3 is 2.08 bits per heavy atom. The Bertz CT molecular complexity index is 875. The average molecular weight is 362 g/mol. The van der Waals surface area contributed by atoms with Gasteiger partial charge in [0.15, 0.2) is 11.5 Å². The molecule has 0 aliphatic heterocycles. The van der Waals surface area contributed by atoms with Crippen LogP contribution in [0.4, 0.5) is 0 Å². The van der Waals surface area contributed by atoms with Crippen molar-refractivity contribution in [3.05, 3.63) is 59.2 Å². The van der Waals surface area contributed by atoms with Gasteiger partial charge < -0.3 is 8.92 Å². The van der Waals surface area contributed by atoms with Crippen LogP contribution < -0.4 is 8.92 Å². The van der Waals surface area contributed by atoms with E-state index in [1.807, 2.05) is 12.1 Å². The van der Waals surface area contributed by atoms with Crippen molar-refractivity contribution in [1.29, 1.82) is 0 Å². The monoisotopic (exact) mass is 362 g/mol. The fraction of sp³-hybridized carbons (Fsp3) is 0.316. The molecule has 0 aliphatic rings. The molecule has 0 unspecified atom stereocenters. The molecule has 2 rings (SSSR count). The number of ether oxygens (including phenoxy) is 1. The van der Waals surface area contributed by atoms with Gasteiger partial charge in [-0.05, 0) is 29.2 Å². The molecule has 2 aromatic carbocycles. The second-order valence-corrected chi connectivity index (χ2v) is 8.38. The van der Waals surface area contributed by atoms with Crippen LogP contribution in [0, 0.1) is 0 Å². The normalized spacial score (nSPS) is 11.9. The van der Waals surface area contributed by atoms with Gasteiger partial charge in [-0.2, -0.15) is 8.42 Å². The summed E-state index contributed by atoms with van der Waals surface area (Å²) in [5.41, 5.74) is 1.65. The van der Waals surface area contributed by atoms with E-state index < -0.39 is 10.1 Å². The zero-order valence-electron chi connectivity index (χ0n) is 15.0. The highest BCUT2D eigenvalue weighted by Gasteiger charge is 2.20. The first-order valence-electron chi connectivity index (χ1n) is 7.74. The first-order chi connectivity index (χ1) is 11.5. The number of benzene rings is 2. The minimum absolute atomic E-state index is 0.0202. The van der Waals surface area contributed by atoms with Crippen LogP contribution in [0.1, 0.15) is 42.3 Å². The van der Waals surface area contributed by atoms with Gasteiger partial charge in [0.05, 0.1) is 18.9 Å². The summed E-state index contributed by atoms with van der Waals surface area (Å²) >= 11 is 0. The van der Waals surface area contributed by atoms with Gasteiger partial charge in [-0.15, -0.1) is 0 Å². The standard InChI is InChI=1S/C19H22O5S/c1-19(2,3)14-8-6-13(7-9-14)18(20)16-12-15(23-4)10-11-17(16)24-25(5,21)22/h6-12H,1-5H3. The lowest BCUT2D eigenvalue weighted by Crippen LogP contribution is -2.13. The van der Waals surface area contributed by atoms with Crippen LogP contribution in [0.5, 0.6) is 11.5 Å². The Labute approximate surface area is 148 Å². The Kier molecular flexibility index (Phi) is 5.23. The summed E-state index contributed by atoms with van der Waals surface area (Å²) in [5, 5.41) is 0. The molecule has 0 aliphatic carbocycles. The van der Waals surface area contributed by atoms with Gasteiger partial charge in [-0.3, -0.25) is 4.79 Å². The molecule has 0 N–H and O–H groups in total. The van der Waals surface area contributed by atoms with Crippen molar-refractivity contribution in [1.82, 2.24) is 0 Å². The predicted octanol–water partition coefficient (Wildman–Crippen LogP) is 3.56. The van der Waals surface area contributed by atoms with Gasteiger partial charge in [-0.1, -0.05) is 45.0 Å². The summed E-state index contributed by atoms with van der Waals surface area (Å²) < 4.78 is 33.0. The maximum absolute atomic E-state index is 12.9. The van der Waals surface area contributed by atoms with Crippen molar-refractivity contribution >= 4 is 15.9 Å². The van der Waals surface area contributed by atoms with E-state index in [-0.39, 0.29) is 22.5 Å². The van der Waals surface area contributed by atoms with Crippen LogP contribution in [-0.4, -0.2) is 27.6 Å². The van der Waals surface area contributed by atoms with E-state index in [1.54, 1.807) is 18.2 Å². The molecule has 0 radical (unpaired) electrons. The topological polar surface area (TPSA) is 69.7 Å². The van der Waals surface area contributed by atoms with Crippen molar-refractivity contribution in [3.8, 4) is 11.5 Å². The van der Waals surface area contributed by atoms with Crippen molar-refractivity contribution in [2.75, 3.05) is 13.4 Å². The molecule has 25 heavy (non-hydrogen) atoms. The highest BCUT2D eigenvalue weighted by Crippen LogP contribution is 2.29. The molecule has 5 nitrogen and oxygen atoms in total. The molecule has 0 saturated heterocycles. The highest BCUT2D eigenvalue weighted by atomic mass is 32.2. The second kappa shape index (κ2) is 6.88. The summed E-state index contributed by atoms with van der Waals surface area (Å²) in [4.78, 5) is 12.9. The minimum atomic E-state index is -3.75. The number of rotatable bonds is 5. The number of carbonyl (C=O) groups excluding carboxylic acids is 1. The summed E-state index contributed by atoms with van der Waals surface area (Å²) in [5.74, 6) is 0.0849. The molecule has 0 amide bonds. The van der Waals surface area contributed by atoms with Gasteiger partial charge in [0.2, 0.25) is 0 Å². The van der Waals surface area contributed by atoms with Gasteiger partial charge in [0.25, 0.3) is 0 Å². The lowest BCUT2D eigenvalue weighted by Gasteiger charge is -2.19. The molecule has 2 aromatic rings. The van der Waals surface area contributed by atoms with Crippen LogP contribution in [0.25, 0.3) is 0 Å². The Morgan fingerprint density at radius 2 is 1.60 bits per heavy atom. The predicted molar refractivity (Wildman–Crippen MR) is 97.0 cm³/mol. The Balaban J connectivity index is 2.46. The van der Waals surface area contributed by atoms with Crippen LogP contribution >= 0.6 is 0 Å². The van der Waals surface area contributed by atoms with E-state index in [4.69, 9.17) is 8.92 Å². The molecule has 0 spiro atoms.